The minimum absolute atomic E-state index is 0.0427. The van der Waals surface area contributed by atoms with Crippen LogP contribution in [0, 0.1) is 11.8 Å². The summed E-state index contributed by atoms with van der Waals surface area (Å²) in [5.41, 5.74) is 1.40. The van der Waals surface area contributed by atoms with Crippen molar-refractivity contribution in [2.45, 2.75) is 40.5 Å². The van der Waals surface area contributed by atoms with Crippen LogP contribution in [0.4, 0.5) is 0 Å². The average molecular weight is 246 g/mol. The van der Waals surface area contributed by atoms with Gasteiger partial charge in [0.1, 0.15) is 0 Å². The quantitative estimate of drug-likeness (QED) is 0.707. The van der Waals surface area contributed by atoms with E-state index >= 15 is 0 Å². The summed E-state index contributed by atoms with van der Waals surface area (Å²) in [4.78, 5) is 23.9. The molecule has 1 aromatic rings. The summed E-state index contributed by atoms with van der Waals surface area (Å²) in [6.45, 7) is 7.87. The van der Waals surface area contributed by atoms with E-state index in [-0.39, 0.29) is 23.4 Å². The molecule has 0 amide bonds. The predicted octanol–water partition coefficient (Wildman–Crippen LogP) is 4.14. The first-order chi connectivity index (χ1) is 8.51. The van der Waals surface area contributed by atoms with Gasteiger partial charge in [-0.25, -0.2) is 0 Å². The first-order valence-corrected chi connectivity index (χ1v) is 6.69. The van der Waals surface area contributed by atoms with Crippen molar-refractivity contribution in [1.29, 1.82) is 0 Å². The first-order valence-electron chi connectivity index (χ1n) is 6.69. The van der Waals surface area contributed by atoms with Crippen LogP contribution in [0.5, 0.6) is 0 Å². The fraction of sp³-hybridized carbons (Fsp3) is 0.500. The summed E-state index contributed by atoms with van der Waals surface area (Å²) < 4.78 is 0. The van der Waals surface area contributed by atoms with Gasteiger partial charge in [0.15, 0.2) is 11.6 Å². The third-order valence-electron chi connectivity index (χ3n) is 3.57. The van der Waals surface area contributed by atoms with E-state index in [1.807, 2.05) is 27.7 Å². The Morgan fingerprint density at radius 1 is 0.833 bits per heavy atom. The Hall–Kier alpha value is -1.44. The predicted molar refractivity (Wildman–Crippen MR) is 74.0 cm³/mol. The Kier molecular flexibility index (Phi) is 5.26. The topological polar surface area (TPSA) is 34.1 Å². The number of rotatable bonds is 6. The van der Waals surface area contributed by atoms with Crippen molar-refractivity contribution in [2.75, 3.05) is 0 Å². The van der Waals surface area contributed by atoms with E-state index in [0.717, 1.165) is 12.8 Å². The molecule has 0 saturated carbocycles. The molecule has 0 bridgehead atoms. The lowest BCUT2D eigenvalue weighted by molar-refractivity contribution is 0.0916. The minimum atomic E-state index is 0.0427. The molecule has 0 heterocycles. The lowest BCUT2D eigenvalue weighted by Gasteiger charge is -2.10. The number of benzene rings is 1. The third-order valence-corrected chi connectivity index (χ3v) is 3.57. The molecule has 1 rings (SSSR count). The first kappa shape index (κ1) is 14.6. The molecular weight excluding hydrogens is 224 g/mol. The molecule has 18 heavy (non-hydrogen) atoms. The van der Waals surface area contributed by atoms with Gasteiger partial charge in [-0.15, -0.1) is 0 Å². The molecule has 98 valence electrons. The summed E-state index contributed by atoms with van der Waals surface area (Å²) in [7, 11) is 0. The molecule has 2 nitrogen and oxygen atoms in total. The van der Waals surface area contributed by atoms with Crippen molar-refractivity contribution in [1.82, 2.24) is 0 Å². The molecule has 0 aliphatic carbocycles. The molecule has 0 fully saturated rings. The Morgan fingerprint density at radius 3 is 1.33 bits per heavy atom. The molecule has 0 spiro atoms. The van der Waals surface area contributed by atoms with Crippen LogP contribution in [0.15, 0.2) is 24.3 Å². The molecule has 0 saturated heterocycles. The van der Waals surface area contributed by atoms with Gasteiger partial charge < -0.3 is 0 Å². The van der Waals surface area contributed by atoms with Crippen LogP contribution < -0.4 is 0 Å². The fourth-order valence-corrected chi connectivity index (χ4v) is 1.74. The highest BCUT2D eigenvalue weighted by molar-refractivity contribution is 6.01. The van der Waals surface area contributed by atoms with Gasteiger partial charge in [0.05, 0.1) is 0 Å². The normalized spacial score (nSPS) is 14.0. The Morgan fingerprint density at radius 2 is 1.11 bits per heavy atom. The SMILES string of the molecule is CCC(C)C(=O)c1ccc(C(=O)C(C)CC)cc1. The molecule has 0 aliphatic rings. The van der Waals surface area contributed by atoms with E-state index in [2.05, 4.69) is 0 Å². The Balaban J connectivity index is 2.86. The summed E-state index contributed by atoms with van der Waals surface area (Å²) in [6, 6.07) is 7.07. The van der Waals surface area contributed by atoms with E-state index in [0.29, 0.717) is 11.1 Å². The second-order valence-corrected chi connectivity index (χ2v) is 4.92. The van der Waals surface area contributed by atoms with Crippen LogP contribution in [0.25, 0.3) is 0 Å². The molecule has 0 aromatic heterocycles. The zero-order valence-electron chi connectivity index (χ0n) is 11.7. The van der Waals surface area contributed by atoms with E-state index in [1.54, 1.807) is 24.3 Å². The minimum Gasteiger partial charge on any atom is -0.294 e. The monoisotopic (exact) mass is 246 g/mol. The lowest BCUT2D eigenvalue weighted by atomic mass is 9.93. The van der Waals surface area contributed by atoms with Gasteiger partial charge in [0, 0.05) is 23.0 Å². The summed E-state index contributed by atoms with van der Waals surface area (Å²) in [5, 5.41) is 0. The standard InChI is InChI=1S/C16H22O2/c1-5-11(3)15(17)13-7-9-14(10-8-13)16(18)12(4)6-2/h7-12H,5-6H2,1-4H3. The third kappa shape index (κ3) is 3.28. The molecule has 2 unspecified atom stereocenters. The van der Waals surface area contributed by atoms with Crippen LogP contribution in [0.2, 0.25) is 0 Å². The van der Waals surface area contributed by atoms with Crippen molar-refractivity contribution in [3.63, 3.8) is 0 Å². The Bertz CT molecular complexity index is 376. The van der Waals surface area contributed by atoms with Crippen molar-refractivity contribution >= 4 is 11.6 Å². The molecule has 1 aromatic carbocycles. The molecule has 2 atom stereocenters. The van der Waals surface area contributed by atoms with E-state index in [9.17, 15) is 9.59 Å². The van der Waals surface area contributed by atoms with Gasteiger partial charge >= 0.3 is 0 Å². The number of hydrogen-bond acceptors (Lipinski definition) is 2. The highest BCUT2D eigenvalue weighted by atomic mass is 16.1. The number of hydrogen-bond donors (Lipinski definition) is 0. The highest BCUT2D eigenvalue weighted by Crippen LogP contribution is 2.16. The van der Waals surface area contributed by atoms with Gasteiger partial charge in [-0.1, -0.05) is 52.0 Å². The van der Waals surface area contributed by atoms with Crippen molar-refractivity contribution < 1.29 is 9.59 Å². The fourth-order valence-electron chi connectivity index (χ4n) is 1.74. The second kappa shape index (κ2) is 6.48. The van der Waals surface area contributed by atoms with Crippen molar-refractivity contribution in [2.24, 2.45) is 11.8 Å². The van der Waals surface area contributed by atoms with Crippen LogP contribution in [0.3, 0.4) is 0 Å². The van der Waals surface area contributed by atoms with Crippen LogP contribution in [-0.4, -0.2) is 11.6 Å². The second-order valence-electron chi connectivity index (χ2n) is 4.92. The maximum absolute atomic E-state index is 12.0. The molecule has 0 radical (unpaired) electrons. The Labute approximate surface area is 109 Å². The lowest BCUT2D eigenvalue weighted by Crippen LogP contribution is -2.12. The van der Waals surface area contributed by atoms with E-state index in [4.69, 9.17) is 0 Å². The molecule has 2 heteroatoms. The number of carbonyl (C=O) groups is 2. The molecule has 0 N–H and O–H groups in total. The summed E-state index contributed by atoms with van der Waals surface area (Å²) in [6.07, 6.45) is 1.68. The van der Waals surface area contributed by atoms with Crippen molar-refractivity contribution in [3.05, 3.63) is 35.4 Å². The van der Waals surface area contributed by atoms with Gasteiger partial charge in [0.25, 0.3) is 0 Å². The zero-order valence-corrected chi connectivity index (χ0v) is 11.7. The zero-order chi connectivity index (χ0) is 13.7. The summed E-state index contributed by atoms with van der Waals surface area (Å²) in [5.74, 6) is 0.391. The largest absolute Gasteiger partial charge is 0.294 e. The van der Waals surface area contributed by atoms with E-state index in [1.165, 1.54) is 0 Å². The number of carbonyl (C=O) groups excluding carboxylic acids is 2. The smallest absolute Gasteiger partial charge is 0.165 e. The maximum Gasteiger partial charge on any atom is 0.165 e. The van der Waals surface area contributed by atoms with E-state index < -0.39 is 0 Å². The van der Waals surface area contributed by atoms with Crippen molar-refractivity contribution in [3.8, 4) is 0 Å². The van der Waals surface area contributed by atoms with Gasteiger partial charge in [-0.2, -0.15) is 0 Å². The summed E-state index contributed by atoms with van der Waals surface area (Å²) >= 11 is 0. The molecule has 0 aliphatic heterocycles. The van der Waals surface area contributed by atoms with Gasteiger partial charge in [-0.05, 0) is 12.8 Å². The van der Waals surface area contributed by atoms with Crippen LogP contribution in [0.1, 0.15) is 61.3 Å². The van der Waals surface area contributed by atoms with Crippen LogP contribution >= 0.6 is 0 Å². The van der Waals surface area contributed by atoms with Gasteiger partial charge in [0.2, 0.25) is 0 Å². The average Bonchev–Trinajstić information content (AvgIpc) is 2.44. The molecular formula is C16H22O2. The highest BCUT2D eigenvalue weighted by Gasteiger charge is 2.16. The number of Topliss-reactive ketones (excluding diaryl/α,β-unsaturated/α-hetero) is 2. The van der Waals surface area contributed by atoms with Gasteiger partial charge in [-0.3, -0.25) is 9.59 Å². The number of ketones is 2. The van der Waals surface area contributed by atoms with Crippen LogP contribution in [-0.2, 0) is 0 Å². The maximum atomic E-state index is 12.0.